The molecule has 0 saturated heterocycles. The second-order valence-corrected chi connectivity index (χ2v) is 4.71. The van der Waals surface area contributed by atoms with E-state index in [-0.39, 0.29) is 5.91 Å². The molecule has 16 heavy (non-hydrogen) atoms. The van der Waals surface area contributed by atoms with Crippen molar-refractivity contribution in [2.45, 2.75) is 25.8 Å². The first kappa shape index (κ1) is 13.2. The molecule has 0 aliphatic rings. The first-order chi connectivity index (χ1) is 7.59. The van der Waals surface area contributed by atoms with Crippen molar-refractivity contribution in [1.29, 1.82) is 0 Å². The second-order valence-electron chi connectivity index (χ2n) is 3.80. The molecule has 0 spiro atoms. The zero-order valence-electron chi connectivity index (χ0n) is 9.37. The summed E-state index contributed by atoms with van der Waals surface area (Å²) in [6, 6.07) is 8.50. The van der Waals surface area contributed by atoms with Gasteiger partial charge in [0.05, 0.1) is 0 Å². The molecule has 1 aromatic carbocycles. The average molecular weight is 285 g/mol. The molecular weight excluding hydrogens is 268 g/mol. The summed E-state index contributed by atoms with van der Waals surface area (Å²) in [5.41, 5.74) is 6.30. The van der Waals surface area contributed by atoms with E-state index < -0.39 is 0 Å². The van der Waals surface area contributed by atoms with Gasteiger partial charge in [0.2, 0.25) is 5.91 Å². The van der Waals surface area contributed by atoms with Crippen LogP contribution in [0.5, 0.6) is 0 Å². The van der Waals surface area contributed by atoms with Crippen molar-refractivity contribution in [2.24, 2.45) is 5.73 Å². The normalized spacial score (nSPS) is 12.4. The maximum absolute atomic E-state index is 10.5. The van der Waals surface area contributed by atoms with Crippen LogP contribution < -0.4 is 11.1 Å². The summed E-state index contributed by atoms with van der Waals surface area (Å²) in [7, 11) is 0. The number of amides is 1. The zero-order chi connectivity index (χ0) is 12.0. The summed E-state index contributed by atoms with van der Waals surface area (Å²) in [5.74, 6) is -0.238. The Hall–Kier alpha value is -0.870. The third-order valence-electron chi connectivity index (χ3n) is 2.42. The number of halogens is 1. The number of carbonyl (C=O) groups is 1. The number of primary amides is 1. The highest BCUT2D eigenvalue weighted by molar-refractivity contribution is 9.10. The lowest BCUT2D eigenvalue weighted by atomic mass is 10.1. The van der Waals surface area contributed by atoms with Crippen LogP contribution in [0.3, 0.4) is 0 Å². The topological polar surface area (TPSA) is 55.1 Å². The number of nitrogens with one attached hydrogen (secondary N) is 1. The number of benzene rings is 1. The highest BCUT2D eigenvalue weighted by atomic mass is 79.9. The fourth-order valence-electron chi connectivity index (χ4n) is 1.45. The van der Waals surface area contributed by atoms with E-state index in [9.17, 15) is 4.79 Å². The van der Waals surface area contributed by atoms with Gasteiger partial charge in [-0.05, 0) is 37.6 Å². The molecule has 0 fully saturated rings. The zero-order valence-corrected chi connectivity index (χ0v) is 11.0. The van der Waals surface area contributed by atoms with Crippen LogP contribution in [0.4, 0.5) is 0 Å². The highest BCUT2D eigenvalue weighted by Gasteiger charge is 2.04. The summed E-state index contributed by atoms with van der Waals surface area (Å²) in [6.45, 7) is 2.91. The largest absolute Gasteiger partial charge is 0.370 e. The van der Waals surface area contributed by atoms with Crippen LogP contribution in [0.2, 0.25) is 0 Å². The molecule has 1 atom stereocenters. The average Bonchev–Trinajstić information content (AvgIpc) is 2.25. The highest BCUT2D eigenvalue weighted by Crippen LogP contribution is 2.16. The fourth-order valence-corrected chi connectivity index (χ4v) is 1.71. The predicted molar refractivity (Wildman–Crippen MR) is 69.0 cm³/mol. The van der Waals surface area contributed by atoms with E-state index in [1.165, 1.54) is 5.56 Å². The standard InChI is InChI=1S/C12H17BrN2O/c1-9(15-8-2-3-12(14)16)10-4-6-11(13)7-5-10/h4-7,9,15H,2-3,8H2,1H3,(H2,14,16). The van der Waals surface area contributed by atoms with Crippen LogP contribution in [-0.4, -0.2) is 12.5 Å². The van der Waals surface area contributed by atoms with E-state index in [4.69, 9.17) is 5.73 Å². The number of hydrogen-bond donors (Lipinski definition) is 2. The summed E-state index contributed by atoms with van der Waals surface area (Å²) in [4.78, 5) is 10.5. The quantitative estimate of drug-likeness (QED) is 0.788. The second kappa shape index (κ2) is 6.66. The maximum atomic E-state index is 10.5. The monoisotopic (exact) mass is 284 g/mol. The van der Waals surface area contributed by atoms with Gasteiger partial charge in [-0.2, -0.15) is 0 Å². The smallest absolute Gasteiger partial charge is 0.217 e. The molecule has 0 saturated carbocycles. The van der Waals surface area contributed by atoms with E-state index in [0.717, 1.165) is 17.4 Å². The fraction of sp³-hybridized carbons (Fsp3) is 0.417. The minimum atomic E-state index is -0.238. The van der Waals surface area contributed by atoms with Gasteiger partial charge in [-0.3, -0.25) is 4.79 Å². The van der Waals surface area contributed by atoms with Gasteiger partial charge in [0.15, 0.2) is 0 Å². The van der Waals surface area contributed by atoms with Gasteiger partial charge < -0.3 is 11.1 Å². The molecule has 0 aliphatic heterocycles. The molecular formula is C12H17BrN2O. The molecule has 88 valence electrons. The molecule has 0 aliphatic carbocycles. The van der Waals surface area contributed by atoms with E-state index in [0.29, 0.717) is 12.5 Å². The lowest BCUT2D eigenvalue weighted by Gasteiger charge is -2.13. The minimum Gasteiger partial charge on any atom is -0.370 e. The first-order valence-corrected chi connectivity index (χ1v) is 6.16. The third-order valence-corrected chi connectivity index (χ3v) is 2.95. The summed E-state index contributed by atoms with van der Waals surface area (Å²) >= 11 is 3.40. The molecule has 1 unspecified atom stereocenters. The van der Waals surface area contributed by atoms with Crippen molar-refractivity contribution in [2.75, 3.05) is 6.54 Å². The lowest BCUT2D eigenvalue weighted by Crippen LogP contribution is -2.21. The number of carbonyl (C=O) groups excluding carboxylic acids is 1. The van der Waals surface area contributed by atoms with Crippen LogP contribution in [0.15, 0.2) is 28.7 Å². The van der Waals surface area contributed by atoms with Gasteiger partial charge >= 0.3 is 0 Å². The van der Waals surface area contributed by atoms with Crippen LogP contribution in [0.25, 0.3) is 0 Å². The van der Waals surface area contributed by atoms with Crippen molar-refractivity contribution in [3.8, 4) is 0 Å². The molecule has 0 aromatic heterocycles. The Morgan fingerprint density at radius 2 is 2.06 bits per heavy atom. The van der Waals surface area contributed by atoms with Gasteiger partial charge in [0.1, 0.15) is 0 Å². The molecule has 0 radical (unpaired) electrons. The molecule has 3 N–H and O–H groups in total. The molecule has 0 bridgehead atoms. The van der Waals surface area contributed by atoms with Crippen molar-refractivity contribution in [1.82, 2.24) is 5.32 Å². The van der Waals surface area contributed by atoms with Gasteiger partial charge in [-0.15, -0.1) is 0 Å². The van der Waals surface area contributed by atoms with Gasteiger partial charge in [-0.1, -0.05) is 28.1 Å². The van der Waals surface area contributed by atoms with Gasteiger partial charge in [0.25, 0.3) is 0 Å². The Morgan fingerprint density at radius 3 is 2.62 bits per heavy atom. The van der Waals surface area contributed by atoms with E-state index >= 15 is 0 Å². The molecule has 1 rings (SSSR count). The molecule has 1 amide bonds. The van der Waals surface area contributed by atoms with Crippen LogP contribution >= 0.6 is 15.9 Å². The Labute approximate surface area is 105 Å². The Morgan fingerprint density at radius 1 is 1.44 bits per heavy atom. The van der Waals surface area contributed by atoms with Crippen LogP contribution in [-0.2, 0) is 4.79 Å². The van der Waals surface area contributed by atoms with E-state index in [1.54, 1.807) is 0 Å². The number of rotatable bonds is 6. The summed E-state index contributed by atoms with van der Waals surface area (Å²) in [6.07, 6.45) is 1.23. The molecule has 3 nitrogen and oxygen atoms in total. The Bertz CT molecular complexity index is 337. The predicted octanol–water partition coefficient (Wildman–Crippen LogP) is 2.37. The molecule has 0 heterocycles. The van der Waals surface area contributed by atoms with Gasteiger partial charge in [0, 0.05) is 16.9 Å². The first-order valence-electron chi connectivity index (χ1n) is 5.36. The van der Waals surface area contributed by atoms with Crippen molar-refractivity contribution >= 4 is 21.8 Å². The summed E-state index contributed by atoms with van der Waals surface area (Å²) < 4.78 is 1.08. The Kier molecular flexibility index (Phi) is 5.49. The van der Waals surface area contributed by atoms with Crippen molar-refractivity contribution < 1.29 is 4.79 Å². The van der Waals surface area contributed by atoms with E-state index in [2.05, 4.69) is 40.3 Å². The lowest BCUT2D eigenvalue weighted by molar-refractivity contribution is -0.118. The van der Waals surface area contributed by atoms with Gasteiger partial charge in [-0.25, -0.2) is 0 Å². The summed E-state index contributed by atoms with van der Waals surface area (Å²) in [5, 5.41) is 3.35. The Balaban J connectivity index is 2.32. The number of nitrogens with two attached hydrogens (primary N) is 1. The van der Waals surface area contributed by atoms with Crippen molar-refractivity contribution in [3.05, 3.63) is 34.3 Å². The number of hydrogen-bond acceptors (Lipinski definition) is 2. The third kappa shape index (κ3) is 4.77. The van der Waals surface area contributed by atoms with Crippen molar-refractivity contribution in [3.63, 3.8) is 0 Å². The minimum absolute atomic E-state index is 0.238. The SMILES string of the molecule is CC(NCCCC(N)=O)c1ccc(Br)cc1. The maximum Gasteiger partial charge on any atom is 0.217 e. The van der Waals surface area contributed by atoms with Crippen LogP contribution in [0.1, 0.15) is 31.4 Å². The molecule has 4 heteroatoms. The molecule has 1 aromatic rings. The van der Waals surface area contributed by atoms with Crippen LogP contribution in [0, 0.1) is 0 Å². The van der Waals surface area contributed by atoms with E-state index in [1.807, 2.05) is 12.1 Å².